The van der Waals surface area contributed by atoms with Crippen molar-refractivity contribution in [3.8, 4) is 22.2 Å². The zero-order valence-electron chi connectivity index (χ0n) is 27.7. The summed E-state index contributed by atoms with van der Waals surface area (Å²) in [6.45, 7) is 8.18. The van der Waals surface area contributed by atoms with Crippen LogP contribution in [0.1, 0.15) is 26.7 Å². The van der Waals surface area contributed by atoms with Crippen molar-refractivity contribution in [3.05, 3.63) is 148 Å². The largest absolute Gasteiger partial charge is 1.00 e. The second kappa shape index (κ2) is 16.3. The van der Waals surface area contributed by atoms with Crippen LogP contribution in [0.15, 0.2) is 126 Å². The molecule has 0 spiro atoms. The number of hydrogen-bond donors (Lipinski definition) is 1. The number of nitrogens with one attached hydrogen (secondary N) is 1. The molecule has 0 atom stereocenters. The van der Waals surface area contributed by atoms with E-state index in [1.54, 1.807) is 32.3 Å². The van der Waals surface area contributed by atoms with Crippen LogP contribution in [-0.4, -0.2) is 30.8 Å². The van der Waals surface area contributed by atoms with Crippen molar-refractivity contribution in [1.82, 2.24) is 30.4 Å². The molecule has 3 aromatic heterocycles. The minimum atomic E-state index is 0. The number of anilines is 2. The molecule has 1 N–H and O–H groups in total. The maximum atomic E-state index is 4.75. The molecule has 8 rings (SSSR count). The van der Waals surface area contributed by atoms with Crippen LogP contribution < -0.4 is 37.4 Å². The summed E-state index contributed by atoms with van der Waals surface area (Å²) in [6.07, 6.45) is 0. The third-order valence-corrected chi connectivity index (χ3v) is 9.68. The molecule has 4 aromatic carbocycles. The number of halogens is 2. The Hall–Kier alpha value is -4.76. The first kappa shape index (κ1) is 36.5. The number of aryl methyl sites for hydroxylation is 4. The van der Waals surface area contributed by atoms with Crippen molar-refractivity contribution >= 4 is 56.3 Å². The smallest absolute Gasteiger partial charge is 0.364 e. The Bertz CT molecular complexity index is 2130. The average Bonchev–Trinajstić information content (AvgIpc) is 3.93. The van der Waals surface area contributed by atoms with Crippen molar-refractivity contribution in [1.29, 1.82) is 0 Å². The number of nitrogens with zero attached hydrogens (tertiary/aromatic N) is 9. The molecule has 7 aromatic rings. The number of hydrogen-bond acceptors (Lipinski definition) is 10. The van der Waals surface area contributed by atoms with Crippen LogP contribution in [0.4, 0.5) is 10.8 Å². The van der Waals surface area contributed by atoms with Gasteiger partial charge in [-0.25, -0.2) is 4.98 Å². The SMILES string of the molecule is Br.Cc1nc(-[n+]2nc(-c3ccccc3)nn2-c2ccccc2)sc1C.Cc1nc(N2N=C(c3ccccc3)NN2c2ccccc2)sc1C.[Br-]. The highest BCUT2D eigenvalue weighted by Crippen LogP contribution is 2.31. The van der Waals surface area contributed by atoms with Crippen molar-refractivity contribution in [2.24, 2.45) is 5.10 Å². The molecule has 0 saturated heterocycles. The Morgan fingerprint density at radius 2 is 1.14 bits per heavy atom. The number of benzene rings is 4. The van der Waals surface area contributed by atoms with E-state index >= 15 is 0 Å². The quantitative estimate of drug-likeness (QED) is 0.243. The zero-order chi connectivity index (χ0) is 33.0. The third kappa shape index (κ3) is 7.83. The Morgan fingerprint density at radius 3 is 1.68 bits per heavy atom. The highest BCUT2D eigenvalue weighted by atomic mass is 79.9. The van der Waals surface area contributed by atoms with Gasteiger partial charge in [-0.15, -0.1) is 27.2 Å². The van der Waals surface area contributed by atoms with Crippen LogP contribution >= 0.6 is 39.7 Å². The van der Waals surface area contributed by atoms with Crippen molar-refractivity contribution in [2.45, 2.75) is 27.7 Å². The van der Waals surface area contributed by atoms with Gasteiger partial charge in [0.25, 0.3) is 5.82 Å². The molecule has 1 aliphatic rings. The molecule has 4 heterocycles. The predicted octanol–water partition coefficient (Wildman–Crippen LogP) is 4.73. The number of rotatable bonds is 6. The molecule has 14 heteroatoms. The zero-order valence-corrected chi connectivity index (χ0v) is 32.6. The van der Waals surface area contributed by atoms with E-state index in [1.165, 1.54) is 9.75 Å². The number of tetrazole rings is 1. The first-order valence-corrected chi connectivity index (χ1v) is 17.0. The second-order valence-electron chi connectivity index (χ2n) is 10.9. The maximum Gasteiger partial charge on any atom is 0.364 e. The molecule has 0 aliphatic carbocycles. The molecule has 0 saturated carbocycles. The number of hydrazine groups is 2. The Kier molecular flexibility index (Phi) is 11.9. The van der Waals surface area contributed by atoms with Crippen molar-refractivity contribution in [2.75, 3.05) is 10.2 Å². The van der Waals surface area contributed by atoms with Gasteiger partial charge in [-0.2, -0.15) is 5.12 Å². The molecule has 0 amide bonds. The van der Waals surface area contributed by atoms with Gasteiger partial charge in [0.1, 0.15) is 11.4 Å². The molecule has 0 radical (unpaired) electrons. The molecule has 0 bridgehead atoms. The molecule has 254 valence electrons. The summed E-state index contributed by atoms with van der Waals surface area (Å²) in [4.78, 5) is 15.2. The van der Waals surface area contributed by atoms with E-state index < -0.39 is 0 Å². The standard InChI is InChI=1S/C18H17N5S.C18H16N5S.2BrH/c2*1-13-14(2)24-18(19-13)23-21-17(15-9-5-3-6-10-15)20-22(23)16-11-7-4-8-12-16;;/h3-12H,1-2H3,(H,20,21);3-12H,1-2H3;2*1H/q;+1;;/p-1. The van der Waals surface area contributed by atoms with Crippen LogP contribution in [0.25, 0.3) is 22.2 Å². The van der Waals surface area contributed by atoms with Gasteiger partial charge < -0.3 is 17.0 Å². The Balaban J connectivity index is 0.000000187. The lowest BCUT2D eigenvalue weighted by molar-refractivity contribution is -0.734. The summed E-state index contributed by atoms with van der Waals surface area (Å²) in [6, 6.07) is 40.1. The lowest BCUT2D eigenvalue weighted by Crippen LogP contribution is -3.00. The van der Waals surface area contributed by atoms with Gasteiger partial charge in [-0.1, -0.05) is 113 Å². The molecule has 1 aliphatic heterocycles. The molecule has 0 unspecified atom stereocenters. The summed E-state index contributed by atoms with van der Waals surface area (Å²) in [5.74, 6) is 1.47. The monoisotopic (exact) mass is 828 g/mol. The topological polar surface area (TPSA) is 91.2 Å². The van der Waals surface area contributed by atoms with E-state index in [-0.39, 0.29) is 34.0 Å². The lowest BCUT2D eigenvalue weighted by atomic mass is 10.2. The van der Waals surface area contributed by atoms with Crippen LogP contribution in [0.5, 0.6) is 0 Å². The summed E-state index contributed by atoms with van der Waals surface area (Å²) in [5.41, 5.74) is 9.38. The normalized spacial score (nSPS) is 11.9. The van der Waals surface area contributed by atoms with E-state index in [9.17, 15) is 0 Å². The fourth-order valence-corrected chi connectivity index (χ4v) is 6.52. The number of amidine groups is 1. The van der Waals surface area contributed by atoms with Gasteiger partial charge in [0.2, 0.25) is 5.13 Å². The summed E-state index contributed by atoms with van der Waals surface area (Å²) < 4.78 is 0. The van der Waals surface area contributed by atoms with E-state index in [0.717, 1.165) is 50.0 Å². The lowest BCUT2D eigenvalue weighted by Gasteiger charge is -2.25. The van der Waals surface area contributed by atoms with Crippen molar-refractivity contribution < 1.29 is 21.8 Å². The minimum Gasteiger partial charge on any atom is -1.00 e. The highest BCUT2D eigenvalue weighted by Gasteiger charge is 2.29. The van der Waals surface area contributed by atoms with Gasteiger partial charge in [0, 0.05) is 26.0 Å². The van der Waals surface area contributed by atoms with Gasteiger partial charge >= 0.3 is 5.13 Å². The Labute approximate surface area is 319 Å². The number of aromatic nitrogens is 6. The fraction of sp³-hybridized carbons (Fsp3) is 0.111. The highest BCUT2D eigenvalue weighted by molar-refractivity contribution is 8.93. The third-order valence-electron chi connectivity index (χ3n) is 7.60. The summed E-state index contributed by atoms with van der Waals surface area (Å²) in [5, 5.41) is 19.5. The van der Waals surface area contributed by atoms with Crippen molar-refractivity contribution in [3.63, 3.8) is 0 Å². The average molecular weight is 831 g/mol. The summed E-state index contributed by atoms with van der Waals surface area (Å²) in [7, 11) is 0. The van der Waals surface area contributed by atoms with Crippen LogP contribution in [0, 0.1) is 27.7 Å². The number of thiazole rings is 2. The molecular formula is C36H34Br2N10S2. The molecular weight excluding hydrogens is 796 g/mol. The fourth-order valence-electron chi connectivity index (χ4n) is 4.82. The van der Waals surface area contributed by atoms with Gasteiger partial charge in [-0.05, 0) is 78.8 Å². The van der Waals surface area contributed by atoms with Crippen LogP contribution in [0.2, 0.25) is 0 Å². The minimum absolute atomic E-state index is 0. The van der Waals surface area contributed by atoms with Gasteiger partial charge in [0.05, 0.1) is 11.4 Å². The predicted molar refractivity (Wildman–Crippen MR) is 203 cm³/mol. The first-order chi connectivity index (χ1) is 23.4. The molecule has 0 fully saturated rings. The summed E-state index contributed by atoms with van der Waals surface area (Å²) >= 11 is 3.25. The van der Waals surface area contributed by atoms with E-state index in [4.69, 9.17) is 15.3 Å². The second-order valence-corrected chi connectivity index (χ2v) is 13.3. The number of para-hydroxylation sites is 2. The van der Waals surface area contributed by atoms with Gasteiger partial charge in [0.15, 0.2) is 5.84 Å². The van der Waals surface area contributed by atoms with E-state index in [2.05, 4.69) is 29.2 Å². The Morgan fingerprint density at radius 1 is 0.620 bits per heavy atom. The van der Waals surface area contributed by atoms with E-state index in [1.807, 2.05) is 145 Å². The van der Waals surface area contributed by atoms with Gasteiger partial charge in [-0.3, -0.25) is 5.43 Å². The van der Waals surface area contributed by atoms with E-state index in [0.29, 0.717) is 5.82 Å². The first-order valence-electron chi connectivity index (χ1n) is 15.4. The number of hydrazone groups is 1. The van der Waals surface area contributed by atoms with Crippen LogP contribution in [-0.2, 0) is 0 Å². The molecule has 10 nitrogen and oxygen atoms in total. The maximum absolute atomic E-state index is 4.75. The molecule has 50 heavy (non-hydrogen) atoms. The van der Waals surface area contributed by atoms with Crippen LogP contribution in [0.3, 0.4) is 0 Å².